The van der Waals surface area contributed by atoms with Gasteiger partial charge >= 0.3 is 6.03 Å². The number of benzene rings is 2. The summed E-state index contributed by atoms with van der Waals surface area (Å²) < 4.78 is 0. The molecule has 0 saturated carbocycles. The lowest BCUT2D eigenvalue weighted by atomic mass is 10.1. The van der Waals surface area contributed by atoms with Gasteiger partial charge in [0.2, 0.25) is 5.91 Å². The average molecular weight is 380 g/mol. The summed E-state index contributed by atoms with van der Waals surface area (Å²) in [7, 11) is 2.03. The van der Waals surface area contributed by atoms with Crippen molar-refractivity contribution in [2.24, 2.45) is 0 Å². The third-order valence-corrected chi connectivity index (χ3v) is 4.65. The molecule has 0 unspecified atom stereocenters. The van der Waals surface area contributed by atoms with Gasteiger partial charge in [-0.1, -0.05) is 30.3 Å². The summed E-state index contributed by atoms with van der Waals surface area (Å²) >= 11 is 0. The van der Waals surface area contributed by atoms with Crippen LogP contribution in [0.15, 0.2) is 54.6 Å². The Balaban J connectivity index is 1.43. The van der Waals surface area contributed by atoms with Crippen molar-refractivity contribution in [2.75, 3.05) is 31.6 Å². The van der Waals surface area contributed by atoms with E-state index in [1.165, 1.54) is 0 Å². The SMILES string of the molecule is CN(CCCNC(=O)c1ccc(CN2C(=O)CNC2=O)cc1)c1ccccc1. The van der Waals surface area contributed by atoms with Gasteiger partial charge in [-0.3, -0.25) is 14.5 Å². The molecular weight excluding hydrogens is 356 g/mol. The third-order valence-electron chi connectivity index (χ3n) is 4.65. The van der Waals surface area contributed by atoms with Gasteiger partial charge in [-0.15, -0.1) is 0 Å². The highest BCUT2D eigenvalue weighted by Gasteiger charge is 2.28. The van der Waals surface area contributed by atoms with Crippen molar-refractivity contribution in [2.45, 2.75) is 13.0 Å². The summed E-state index contributed by atoms with van der Waals surface area (Å²) in [5.41, 5.74) is 2.50. The zero-order chi connectivity index (χ0) is 19.9. The molecule has 1 fully saturated rings. The first-order chi connectivity index (χ1) is 13.5. The molecule has 1 saturated heterocycles. The first-order valence-corrected chi connectivity index (χ1v) is 9.26. The maximum absolute atomic E-state index is 12.3. The maximum atomic E-state index is 12.3. The molecule has 0 radical (unpaired) electrons. The zero-order valence-corrected chi connectivity index (χ0v) is 15.9. The minimum Gasteiger partial charge on any atom is -0.375 e. The molecule has 1 aliphatic heterocycles. The van der Waals surface area contributed by atoms with Crippen molar-refractivity contribution in [3.63, 3.8) is 0 Å². The molecule has 2 N–H and O–H groups in total. The van der Waals surface area contributed by atoms with E-state index in [1.54, 1.807) is 24.3 Å². The molecule has 0 aromatic heterocycles. The van der Waals surface area contributed by atoms with Gasteiger partial charge in [-0.2, -0.15) is 0 Å². The van der Waals surface area contributed by atoms with Crippen molar-refractivity contribution in [3.8, 4) is 0 Å². The summed E-state index contributed by atoms with van der Waals surface area (Å²) in [6.45, 7) is 1.67. The van der Waals surface area contributed by atoms with Gasteiger partial charge in [-0.25, -0.2) is 4.79 Å². The van der Waals surface area contributed by atoms with Crippen molar-refractivity contribution in [1.29, 1.82) is 0 Å². The van der Waals surface area contributed by atoms with E-state index in [9.17, 15) is 14.4 Å². The number of imide groups is 1. The Bertz CT molecular complexity index is 820. The van der Waals surface area contributed by atoms with E-state index in [0.29, 0.717) is 12.1 Å². The fourth-order valence-corrected chi connectivity index (χ4v) is 2.99. The van der Waals surface area contributed by atoms with E-state index in [-0.39, 0.29) is 30.9 Å². The lowest BCUT2D eigenvalue weighted by Gasteiger charge is -2.19. The van der Waals surface area contributed by atoms with Crippen LogP contribution in [0.1, 0.15) is 22.3 Å². The number of hydrogen-bond donors (Lipinski definition) is 2. The molecule has 2 aromatic carbocycles. The maximum Gasteiger partial charge on any atom is 0.324 e. The van der Waals surface area contributed by atoms with Gasteiger partial charge in [0.25, 0.3) is 5.91 Å². The fourth-order valence-electron chi connectivity index (χ4n) is 2.99. The van der Waals surface area contributed by atoms with E-state index in [1.807, 2.05) is 25.2 Å². The Kier molecular flexibility index (Phi) is 6.26. The number of urea groups is 1. The number of anilines is 1. The summed E-state index contributed by atoms with van der Waals surface area (Å²) in [6, 6.07) is 16.7. The standard InChI is InChI=1S/C21H24N4O3/c1-24(18-6-3-2-4-7-18)13-5-12-22-20(27)17-10-8-16(9-11-17)15-25-19(26)14-23-21(25)28/h2-4,6-11H,5,12-15H2,1H3,(H,22,27)(H,23,28). The average Bonchev–Trinajstić information content (AvgIpc) is 3.04. The van der Waals surface area contributed by atoms with Crippen LogP contribution >= 0.6 is 0 Å². The van der Waals surface area contributed by atoms with Gasteiger partial charge < -0.3 is 15.5 Å². The Morgan fingerprint density at radius 3 is 2.46 bits per heavy atom. The highest BCUT2D eigenvalue weighted by atomic mass is 16.2. The summed E-state index contributed by atoms with van der Waals surface area (Å²) in [6.07, 6.45) is 0.835. The van der Waals surface area contributed by atoms with Crippen molar-refractivity contribution in [1.82, 2.24) is 15.5 Å². The molecule has 3 rings (SSSR count). The first kappa shape index (κ1) is 19.4. The van der Waals surface area contributed by atoms with E-state index >= 15 is 0 Å². The second-order valence-corrected chi connectivity index (χ2v) is 6.70. The first-order valence-electron chi connectivity index (χ1n) is 9.26. The molecule has 2 aromatic rings. The van der Waals surface area contributed by atoms with Gasteiger partial charge in [0, 0.05) is 31.4 Å². The van der Waals surface area contributed by atoms with E-state index in [0.717, 1.165) is 29.1 Å². The Hall–Kier alpha value is -3.35. The molecule has 0 atom stereocenters. The topological polar surface area (TPSA) is 81.8 Å². The highest BCUT2D eigenvalue weighted by molar-refractivity contribution is 6.01. The summed E-state index contributed by atoms with van der Waals surface area (Å²) in [4.78, 5) is 38.8. The number of nitrogens with zero attached hydrogens (tertiary/aromatic N) is 2. The summed E-state index contributed by atoms with van der Waals surface area (Å²) in [5, 5.41) is 5.40. The second-order valence-electron chi connectivity index (χ2n) is 6.70. The minimum absolute atomic E-state index is 0.0405. The van der Waals surface area contributed by atoms with Crippen LogP contribution in [0.3, 0.4) is 0 Å². The summed E-state index contributed by atoms with van der Waals surface area (Å²) in [5.74, 6) is -0.379. The molecule has 0 aliphatic carbocycles. The zero-order valence-electron chi connectivity index (χ0n) is 15.9. The normalized spacial score (nSPS) is 13.4. The quantitative estimate of drug-likeness (QED) is 0.542. The predicted molar refractivity (Wildman–Crippen MR) is 107 cm³/mol. The number of para-hydroxylation sites is 1. The number of amides is 4. The van der Waals surface area contributed by atoms with E-state index in [2.05, 4.69) is 27.7 Å². The lowest BCUT2D eigenvalue weighted by Crippen LogP contribution is -2.30. The van der Waals surface area contributed by atoms with Crippen LogP contribution in [0.4, 0.5) is 10.5 Å². The molecule has 1 aliphatic rings. The van der Waals surface area contributed by atoms with Crippen molar-refractivity contribution in [3.05, 3.63) is 65.7 Å². The van der Waals surface area contributed by atoms with Crippen LogP contribution in [0.2, 0.25) is 0 Å². The van der Waals surface area contributed by atoms with Crippen molar-refractivity contribution >= 4 is 23.5 Å². The predicted octanol–water partition coefficient (Wildman–Crippen LogP) is 1.99. The van der Waals surface area contributed by atoms with Crippen LogP contribution in [-0.4, -0.2) is 49.4 Å². The monoisotopic (exact) mass is 380 g/mol. The minimum atomic E-state index is -0.382. The molecule has 0 bridgehead atoms. The third kappa shape index (κ3) is 4.88. The van der Waals surface area contributed by atoms with Gasteiger partial charge in [0.15, 0.2) is 0 Å². The molecule has 7 heteroatoms. The van der Waals surface area contributed by atoms with E-state index < -0.39 is 0 Å². The molecule has 7 nitrogen and oxygen atoms in total. The molecule has 146 valence electrons. The molecule has 0 spiro atoms. The van der Waals surface area contributed by atoms with Crippen LogP contribution in [-0.2, 0) is 11.3 Å². The van der Waals surface area contributed by atoms with Gasteiger partial charge in [-0.05, 0) is 36.2 Å². The van der Waals surface area contributed by atoms with Crippen LogP contribution in [0.25, 0.3) is 0 Å². The molecule has 4 amide bonds. The largest absolute Gasteiger partial charge is 0.375 e. The van der Waals surface area contributed by atoms with E-state index in [4.69, 9.17) is 0 Å². The number of carbonyl (C=O) groups is 3. The number of hydrogen-bond acceptors (Lipinski definition) is 4. The van der Waals surface area contributed by atoms with Gasteiger partial charge in [0.05, 0.1) is 13.1 Å². The van der Waals surface area contributed by atoms with Crippen LogP contribution in [0, 0.1) is 0 Å². The smallest absolute Gasteiger partial charge is 0.324 e. The van der Waals surface area contributed by atoms with Crippen LogP contribution < -0.4 is 15.5 Å². The number of carbonyl (C=O) groups excluding carboxylic acids is 3. The lowest BCUT2D eigenvalue weighted by molar-refractivity contribution is -0.125. The second kappa shape index (κ2) is 9.03. The van der Waals surface area contributed by atoms with Gasteiger partial charge in [0.1, 0.15) is 0 Å². The molecular formula is C21H24N4O3. The van der Waals surface area contributed by atoms with Crippen LogP contribution in [0.5, 0.6) is 0 Å². The molecule has 1 heterocycles. The molecule has 28 heavy (non-hydrogen) atoms. The Morgan fingerprint density at radius 1 is 1.11 bits per heavy atom. The fraction of sp³-hybridized carbons (Fsp3) is 0.286. The van der Waals surface area contributed by atoms with Crippen molar-refractivity contribution < 1.29 is 14.4 Å². The Labute approximate surface area is 164 Å². The highest BCUT2D eigenvalue weighted by Crippen LogP contribution is 2.12. The number of rotatable bonds is 8. The Morgan fingerprint density at radius 2 is 1.82 bits per heavy atom. The number of nitrogens with one attached hydrogen (secondary N) is 2.